The predicted octanol–water partition coefficient (Wildman–Crippen LogP) is 5.45. The zero-order valence-corrected chi connectivity index (χ0v) is 21.3. The summed E-state index contributed by atoms with van der Waals surface area (Å²) in [6.45, 7) is 17.9. The lowest BCUT2D eigenvalue weighted by Crippen LogP contribution is -2.53. The third-order valence-corrected chi connectivity index (χ3v) is 7.90. The fourth-order valence-corrected chi connectivity index (χ4v) is 6.03. The van der Waals surface area contributed by atoms with E-state index in [2.05, 4.69) is 64.0 Å². The van der Waals surface area contributed by atoms with Crippen molar-refractivity contribution in [1.82, 2.24) is 9.88 Å². The molecule has 5 nitrogen and oxygen atoms in total. The van der Waals surface area contributed by atoms with Crippen LogP contribution in [0, 0.1) is 0 Å². The minimum absolute atomic E-state index is 0.0679. The maximum atomic E-state index is 11.1. The highest BCUT2D eigenvalue weighted by atomic mass is 32.1. The number of aromatic nitrogens is 1. The molecule has 0 unspecified atom stereocenters. The van der Waals surface area contributed by atoms with E-state index in [0.29, 0.717) is 5.75 Å². The van der Waals surface area contributed by atoms with Crippen LogP contribution in [0.5, 0.6) is 5.75 Å². The van der Waals surface area contributed by atoms with Crippen LogP contribution < -0.4 is 0 Å². The van der Waals surface area contributed by atoms with Crippen molar-refractivity contribution < 1.29 is 14.6 Å². The molecule has 0 bridgehead atoms. The molecule has 1 N–H and O–H groups in total. The second-order valence-electron chi connectivity index (χ2n) is 11.2. The summed E-state index contributed by atoms with van der Waals surface area (Å²) >= 11 is 1.76. The molecule has 2 aliphatic heterocycles. The van der Waals surface area contributed by atoms with Gasteiger partial charge in [0.15, 0.2) is 0 Å². The van der Waals surface area contributed by atoms with Gasteiger partial charge < -0.3 is 14.6 Å². The molecule has 2 aliphatic rings. The fourth-order valence-electron chi connectivity index (χ4n) is 4.91. The van der Waals surface area contributed by atoms with Gasteiger partial charge in [-0.1, -0.05) is 41.5 Å². The maximum absolute atomic E-state index is 11.1. The number of nitrogens with zero attached hydrogens (tertiary/aromatic N) is 2. The number of phenols is 1. The second-order valence-corrected chi connectivity index (χ2v) is 12.1. The molecule has 1 aromatic heterocycles. The van der Waals surface area contributed by atoms with Crippen LogP contribution in [0.1, 0.15) is 70.5 Å². The number of hydrogen-bond donors (Lipinski definition) is 1. The van der Waals surface area contributed by atoms with E-state index in [9.17, 15) is 5.11 Å². The molecule has 0 aliphatic carbocycles. The average molecular weight is 459 g/mol. The number of hydrogen-bond acceptors (Lipinski definition) is 6. The number of rotatable bonds is 3. The van der Waals surface area contributed by atoms with E-state index >= 15 is 0 Å². The monoisotopic (exact) mass is 458 g/mol. The van der Waals surface area contributed by atoms with Crippen LogP contribution in [-0.4, -0.2) is 54.5 Å². The Bertz CT molecular complexity index is 908. The Balaban J connectivity index is 1.79. The van der Waals surface area contributed by atoms with E-state index < -0.39 is 0 Å². The molecule has 6 heteroatoms. The first kappa shape index (κ1) is 23.7. The molecule has 0 saturated carbocycles. The van der Waals surface area contributed by atoms with E-state index in [1.807, 2.05) is 0 Å². The van der Waals surface area contributed by atoms with Crippen molar-refractivity contribution >= 4 is 11.3 Å². The molecular formula is C26H38N2O3S. The minimum atomic E-state index is -0.158. The lowest BCUT2D eigenvalue weighted by atomic mass is 9.78. The summed E-state index contributed by atoms with van der Waals surface area (Å²) in [4.78, 5) is 7.80. The second kappa shape index (κ2) is 8.71. The van der Waals surface area contributed by atoms with Gasteiger partial charge in [0.25, 0.3) is 0 Å². The third kappa shape index (κ3) is 4.47. The van der Waals surface area contributed by atoms with E-state index in [0.717, 1.165) is 74.7 Å². The van der Waals surface area contributed by atoms with Crippen molar-refractivity contribution in [2.24, 2.45) is 0 Å². The smallest absolute Gasteiger partial charge is 0.123 e. The zero-order valence-electron chi connectivity index (χ0n) is 20.5. The van der Waals surface area contributed by atoms with E-state index in [1.54, 1.807) is 11.3 Å². The number of ether oxygens (including phenoxy) is 2. The van der Waals surface area contributed by atoms with Crippen molar-refractivity contribution in [2.75, 3.05) is 39.5 Å². The molecule has 3 heterocycles. The van der Waals surface area contributed by atoms with Crippen LogP contribution in [0.15, 0.2) is 17.5 Å². The van der Waals surface area contributed by atoms with Gasteiger partial charge in [0.1, 0.15) is 10.8 Å². The molecule has 2 fully saturated rings. The number of aromatic hydroxyl groups is 1. The van der Waals surface area contributed by atoms with Crippen molar-refractivity contribution in [1.29, 1.82) is 0 Å². The van der Waals surface area contributed by atoms with Gasteiger partial charge in [0, 0.05) is 48.4 Å². The Morgan fingerprint density at radius 2 is 1.44 bits per heavy atom. The molecular weight excluding hydrogens is 420 g/mol. The summed E-state index contributed by atoms with van der Waals surface area (Å²) < 4.78 is 11.4. The van der Waals surface area contributed by atoms with Crippen molar-refractivity contribution in [3.05, 3.63) is 33.6 Å². The number of thiazole rings is 1. The number of phenolic OH excluding ortho intramolecular Hbond substituents is 1. The van der Waals surface area contributed by atoms with Gasteiger partial charge in [-0.3, -0.25) is 4.90 Å². The molecule has 1 aromatic carbocycles. The predicted molar refractivity (Wildman–Crippen MR) is 131 cm³/mol. The molecule has 4 rings (SSSR count). The average Bonchev–Trinajstić information content (AvgIpc) is 3.24. The molecule has 0 atom stereocenters. The highest BCUT2D eigenvalue weighted by molar-refractivity contribution is 7.10. The van der Waals surface area contributed by atoms with Crippen LogP contribution >= 0.6 is 11.3 Å². The Labute approximate surface area is 196 Å². The highest BCUT2D eigenvalue weighted by Gasteiger charge is 2.43. The van der Waals surface area contributed by atoms with E-state index in [-0.39, 0.29) is 16.4 Å². The standard InChI is InChI=1S/C26H38N2O3S/c1-24(2,3)19-15-18(16-20(22(19)29)25(4,5)6)21-17-32-23(27-21)26(7-11-30-12-8-26)28-9-13-31-14-10-28/h15-17,29H,7-14H2,1-6H3. The van der Waals surface area contributed by atoms with Crippen LogP contribution in [0.4, 0.5) is 0 Å². The molecule has 2 saturated heterocycles. The maximum Gasteiger partial charge on any atom is 0.123 e. The summed E-state index contributed by atoms with van der Waals surface area (Å²) in [6.07, 6.45) is 1.94. The van der Waals surface area contributed by atoms with Crippen LogP contribution in [0.25, 0.3) is 11.3 Å². The first-order chi connectivity index (χ1) is 15.0. The van der Waals surface area contributed by atoms with Crippen LogP contribution in [-0.2, 0) is 25.8 Å². The number of morpholine rings is 1. The molecule has 32 heavy (non-hydrogen) atoms. The Hall–Kier alpha value is -1.47. The largest absolute Gasteiger partial charge is 0.507 e. The van der Waals surface area contributed by atoms with Crippen LogP contribution in [0.3, 0.4) is 0 Å². The van der Waals surface area contributed by atoms with Gasteiger partial charge in [-0.25, -0.2) is 4.98 Å². The SMILES string of the molecule is CC(C)(C)c1cc(-c2csc(C3(N4CCOCC4)CCOCC3)n2)cc(C(C)(C)C)c1O. The van der Waals surface area contributed by atoms with Gasteiger partial charge in [-0.15, -0.1) is 11.3 Å². The molecule has 0 amide bonds. The summed E-state index contributed by atoms with van der Waals surface area (Å²) in [7, 11) is 0. The third-order valence-electron chi connectivity index (χ3n) is 6.86. The molecule has 0 radical (unpaired) electrons. The fraction of sp³-hybridized carbons (Fsp3) is 0.654. The summed E-state index contributed by atoms with van der Waals surface area (Å²) in [6, 6.07) is 4.27. The Kier molecular flexibility index (Phi) is 6.45. The number of benzene rings is 1. The van der Waals surface area contributed by atoms with E-state index in [1.165, 1.54) is 5.01 Å². The quantitative estimate of drug-likeness (QED) is 0.663. The molecule has 0 spiro atoms. The van der Waals surface area contributed by atoms with Crippen LogP contribution in [0.2, 0.25) is 0 Å². The molecule has 176 valence electrons. The summed E-state index contributed by atoms with van der Waals surface area (Å²) in [5, 5.41) is 14.5. The van der Waals surface area contributed by atoms with Crippen molar-refractivity contribution in [3.63, 3.8) is 0 Å². The van der Waals surface area contributed by atoms with E-state index in [4.69, 9.17) is 14.5 Å². The first-order valence-corrected chi connectivity index (χ1v) is 12.7. The zero-order chi connectivity index (χ0) is 23.1. The first-order valence-electron chi connectivity index (χ1n) is 11.8. The lowest BCUT2D eigenvalue weighted by Gasteiger charge is -2.46. The highest BCUT2D eigenvalue weighted by Crippen LogP contribution is 2.44. The summed E-state index contributed by atoms with van der Waals surface area (Å²) in [5.74, 6) is 0.415. The summed E-state index contributed by atoms with van der Waals surface area (Å²) in [5.41, 5.74) is 3.65. The topological polar surface area (TPSA) is 54.8 Å². The van der Waals surface area contributed by atoms with Gasteiger partial charge >= 0.3 is 0 Å². The molecule has 2 aromatic rings. The van der Waals surface area contributed by atoms with Gasteiger partial charge in [-0.05, 0) is 35.8 Å². The Morgan fingerprint density at radius 3 is 1.97 bits per heavy atom. The van der Waals surface area contributed by atoms with Crippen molar-refractivity contribution in [3.8, 4) is 17.0 Å². The van der Waals surface area contributed by atoms with Gasteiger partial charge in [-0.2, -0.15) is 0 Å². The van der Waals surface area contributed by atoms with Gasteiger partial charge in [0.2, 0.25) is 0 Å². The minimum Gasteiger partial charge on any atom is -0.507 e. The van der Waals surface area contributed by atoms with Gasteiger partial charge in [0.05, 0.1) is 24.4 Å². The van der Waals surface area contributed by atoms with Crippen molar-refractivity contribution in [2.45, 2.75) is 70.8 Å². The normalized spacial score (nSPS) is 20.4. The Morgan fingerprint density at radius 1 is 0.906 bits per heavy atom. The lowest BCUT2D eigenvalue weighted by molar-refractivity contribution is -0.0746.